The quantitative estimate of drug-likeness (QED) is 0.848. The average molecular weight is 268 g/mol. The van der Waals surface area contributed by atoms with E-state index in [1.807, 2.05) is 0 Å². The summed E-state index contributed by atoms with van der Waals surface area (Å²) in [5, 5.41) is 10.8. The molecule has 0 fully saturated rings. The number of carbonyl (C=O) groups excluding carboxylic acids is 2. The summed E-state index contributed by atoms with van der Waals surface area (Å²) < 4.78 is 0. The van der Waals surface area contributed by atoms with Crippen LogP contribution >= 0.6 is 0 Å². The molecule has 20 heavy (non-hydrogen) atoms. The Balaban J connectivity index is 2.48. The Bertz CT molecular complexity index is 605. The van der Waals surface area contributed by atoms with Gasteiger partial charge in [0.2, 0.25) is 0 Å². The van der Waals surface area contributed by atoms with E-state index in [1.54, 1.807) is 60.7 Å². The van der Waals surface area contributed by atoms with Crippen LogP contribution in [0.5, 0.6) is 0 Å². The standard InChI is InChI=1S/C17H16O3/c1-13(18)12-17(20,15-10-6-3-7-11-15)16(19)14-8-4-2-5-9-14/h2-11,20H,12H2,1H3/t17-/m1/s1. The SMILES string of the molecule is CC(=O)C[C@](O)(C(=O)c1ccccc1)c1ccccc1. The minimum atomic E-state index is -1.81. The molecule has 0 spiro atoms. The van der Waals surface area contributed by atoms with Crippen LogP contribution in [-0.4, -0.2) is 16.7 Å². The summed E-state index contributed by atoms with van der Waals surface area (Å²) in [5.74, 6) is -0.694. The number of benzene rings is 2. The maximum atomic E-state index is 12.6. The fourth-order valence-electron chi connectivity index (χ4n) is 2.22. The van der Waals surface area contributed by atoms with Crippen molar-refractivity contribution >= 4 is 11.6 Å². The van der Waals surface area contributed by atoms with Crippen LogP contribution in [0.2, 0.25) is 0 Å². The molecule has 0 aliphatic carbocycles. The number of ketones is 2. The summed E-state index contributed by atoms with van der Waals surface area (Å²) in [6.07, 6.45) is -0.231. The highest BCUT2D eigenvalue weighted by Crippen LogP contribution is 2.29. The summed E-state index contributed by atoms with van der Waals surface area (Å²) in [4.78, 5) is 24.1. The second-order valence-corrected chi connectivity index (χ2v) is 4.80. The highest BCUT2D eigenvalue weighted by Gasteiger charge is 2.39. The van der Waals surface area contributed by atoms with Gasteiger partial charge in [-0.3, -0.25) is 9.59 Å². The molecule has 0 saturated heterocycles. The van der Waals surface area contributed by atoms with Gasteiger partial charge in [0.05, 0.1) is 0 Å². The van der Waals surface area contributed by atoms with E-state index >= 15 is 0 Å². The Morgan fingerprint density at radius 1 is 0.950 bits per heavy atom. The van der Waals surface area contributed by atoms with Crippen LogP contribution < -0.4 is 0 Å². The van der Waals surface area contributed by atoms with Gasteiger partial charge < -0.3 is 5.11 Å². The highest BCUT2D eigenvalue weighted by molar-refractivity contribution is 6.05. The van der Waals surface area contributed by atoms with Crippen LogP contribution in [0.25, 0.3) is 0 Å². The van der Waals surface area contributed by atoms with E-state index in [1.165, 1.54) is 6.92 Å². The zero-order valence-electron chi connectivity index (χ0n) is 11.2. The summed E-state index contributed by atoms with van der Waals surface area (Å²) in [6.45, 7) is 1.37. The Morgan fingerprint density at radius 3 is 1.95 bits per heavy atom. The molecule has 1 atom stereocenters. The smallest absolute Gasteiger partial charge is 0.199 e. The third-order valence-electron chi connectivity index (χ3n) is 3.17. The lowest BCUT2D eigenvalue weighted by molar-refractivity contribution is -0.120. The molecule has 0 saturated carbocycles. The number of aliphatic hydroxyl groups is 1. The highest BCUT2D eigenvalue weighted by atomic mass is 16.3. The molecule has 0 heterocycles. The number of carbonyl (C=O) groups is 2. The van der Waals surface area contributed by atoms with Gasteiger partial charge in [0.25, 0.3) is 0 Å². The van der Waals surface area contributed by atoms with Crippen molar-refractivity contribution < 1.29 is 14.7 Å². The third kappa shape index (κ3) is 2.83. The Morgan fingerprint density at radius 2 is 1.45 bits per heavy atom. The molecule has 102 valence electrons. The number of hydrogen-bond donors (Lipinski definition) is 1. The van der Waals surface area contributed by atoms with Gasteiger partial charge in [-0.25, -0.2) is 0 Å². The van der Waals surface area contributed by atoms with Crippen LogP contribution in [0.1, 0.15) is 29.3 Å². The first kappa shape index (κ1) is 14.2. The minimum absolute atomic E-state index is 0.231. The Labute approximate surface area is 117 Å². The first-order valence-electron chi connectivity index (χ1n) is 6.41. The molecule has 2 aromatic carbocycles. The lowest BCUT2D eigenvalue weighted by Gasteiger charge is -2.26. The Hall–Kier alpha value is -2.26. The predicted octanol–water partition coefficient (Wildman–Crippen LogP) is 2.74. The van der Waals surface area contributed by atoms with Crippen LogP contribution in [0.4, 0.5) is 0 Å². The molecular weight excluding hydrogens is 252 g/mol. The van der Waals surface area contributed by atoms with Crippen LogP contribution in [-0.2, 0) is 10.4 Å². The fraction of sp³-hybridized carbons (Fsp3) is 0.176. The maximum absolute atomic E-state index is 12.6. The summed E-state index contributed by atoms with van der Waals surface area (Å²) in [5.41, 5.74) is -0.988. The van der Waals surface area contributed by atoms with Gasteiger partial charge in [-0.05, 0) is 12.5 Å². The zero-order chi connectivity index (χ0) is 14.6. The van der Waals surface area contributed by atoms with Crippen molar-refractivity contribution in [3.8, 4) is 0 Å². The van der Waals surface area contributed by atoms with Crippen molar-refractivity contribution in [1.29, 1.82) is 0 Å². The number of Topliss-reactive ketones (excluding diaryl/α,β-unsaturated/α-hetero) is 2. The molecule has 2 rings (SSSR count). The van der Waals surface area contributed by atoms with Crippen molar-refractivity contribution in [1.82, 2.24) is 0 Å². The van der Waals surface area contributed by atoms with Gasteiger partial charge >= 0.3 is 0 Å². The second kappa shape index (κ2) is 5.80. The lowest BCUT2D eigenvalue weighted by atomic mass is 9.82. The van der Waals surface area contributed by atoms with E-state index in [4.69, 9.17) is 0 Å². The Kier molecular flexibility index (Phi) is 4.11. The first-order valence-corrected chi connectivity index (χ1v) is 6.41. The molecule has 0 unspecified atom stereocenters. The molecule has 2 aromatic rings. The molecular formula is C17H16O3. The van der Waals surface area contributed by atoms with Crippen LogP contribution in [0.3, 0.4) is 0 Å². The predicted molar refractivity (Wildman–Crippen MR) is 76.4 cm³/mol. The third-order valence-corrected chi connectivity index (χ3v) is 3.17. The van der Waals surface area contributed by atoms with Gasteiger partial charge in [-0.1, -0.05) is 60.7 Å². The summed E-state index contributed by atoms with van der Waals surface area (Å²) >= 11 is 0. The topological polar surface area (TPSA) is 54.4 Å². The van der Waals surface area contributed by atoms with Crippen molar-refractivity contribution in [2.75, 3.05) is 0 Å². The van der Waals surface area contributed by atoms with Crippen molar-refractivity contribution in [3.05, 3.63) is 71.8 Å². The van der Waals surface area contributed by atoms with Crippen LogP contribution in [0.15, 0.2) is 60.7 Å². The molecule has 3 nitrogen and oxygen atoms in total. The summed E-state index contributed by atoms with van der Waals surface area (Å²) in [7, 11) is 0. The second-order valence-electron chi connectivity index (χ2n) is 4.80. The monoisotopic (exact) mass is 268 g/mol. The van der Waals surface area contributed by atoms with Crippen molar-refractivity contribution in [2.45, 2.75) is 18.9 Å². The molecule has 0 aliphatic rings. The van der Waals surface area contributed by atoms with Gasteiger partial charge in [-0.15, -0.1) is 0 Å². The number of hydrogen-bond acceptors (Lipinski definition) is 3. The lowest BCUT2D eigenvalue weighted by Crippen LogP contribution is -2.37. The van der Waals surface area contributed by atoms with E-state index in [0.29, 0.717) is 11.1 Å². The number of rotatable bonds is 5. The molecule has 0 radical (unpaired) electrons. The molecule has 0 amide bonds. The van der Waals surface area contributed by atoms with E-state index in [-0.39, 0.29) is 12.2 Å². The normalized spacial score (nSPS) is 13.5. The molecule has 0 bridgehead atoms. The molecule has 1 N–H and O–H groups in total. The first-order chi connectivity index (χ1) is 9.54. The largest absolute Gasteiger partial charge is 0.376 e. The van der Waals surface area contributed by atoms with Gasteiger partial charge in [0.15, 0.2) is 11.4 Å². The fourth-order valence-corrected chi connectivity index (χ4v) is 2.22. The van der Waals surface area contributed by atoms with E-state index < -0.39 is 11.4 Å². The van der Waals surface area contributed by atoms with Gasteiger partial charge in [-0.2, -0.15) is 0 Å². The summed E-state index contributed by atoms with van der Waals surface area (Å²) in [6, 6.07) is 17.1. The average Bonchev–Trinajstić information content (AvgIpc) is 2.47. The van der Waals surface area contributed by atoms with Crippen LogP contribution in [0, 0.1) is 0 Å². The van der Waals surface area contributed by atoms with Crippen molar-refractivity contribution in [3.63, 3.8) is 0 Å². The zero-order valence-corrected chi connectivity index (χ0v) is 11.2. The molecule has 3 heteroatoms. The molecule has 0 aliphatic heterocycles. The van der Waals surface area contributed by atoms with E-state index in [0.717, 1.165) is 0 Å². The van der Waals surface area contributed by atoms with Gasteiger partial charge in [0.1, 0.15) is 5.78 Å². The van der Waals surface area contributed by atoms with Crippen molar-refractivity contribution in [2.24, 2.45) is 0 Å². The molecule has 0 aromatic heterocycles. The van der Waals surface area contributed by atoms with E-state index in [9.17, 15) is 14.7 Å². The minimum Gasteiger partial charge on any atom is -0.376 e. The maximum Gasteiger partial charge on any atom is 0.199 e. The van der Waals surface area contributed by atoms with E-state index in [2.05, 4.69) is 0 Å². The van der Waals surface area contributed by atoms with Gasteiger partial charge in [0, 0.05) is 12.0 Å².